The standard InChI is InChI=1S/C49H43Cl2N5O8S/c1-3-53-47-19-18-46(29(2)54-47)65(60,61)56-26-37-24-44-43(63-28-45(64-44)35-13-15-38(16-14-35)62-27-32-8-17-39(50)40(51)20-32)23-36(37)22-42(56)48(57)55-41(49(58)59)21-30-4-9-33(10-5-30)34-11-6-31(25-52)7-12-34/h4-20,23-24,41-42,45H,3,21-22,26-28H2,1-2H3,(H,53,54)(H,55,57)(H,58,59)/t41-,42?,45+/m0/s1. The molecule has 3 heterocycles. The van der Waals surface area contributed by atoms with Gasteiger partial charge in [0, 0.05) is 19.5 Å². The van der Waals surface area contributed by atoms with Crippen LogP contribution in [0.4, 0.5) is 5.82 Å². The first-order valence-electron chi connectivity index (χ1n) is 20.8. The van der Waals surface area contributed by atoms with E-state index in [1.54, 1.807) is 61.5 Å². The average Bonchev–Trinajstić information content (AvgIpc) is 3.31. The zero-order valence-electron chi connectivity index (χ0n) is 35.3. The van der Waals surface area contributed by atoms with Crippen molar-refractivity contribution in [2.75, 3.05) is 18.5 Å². The normalized spacial score (nSPS) is 16.1. The number of rotatable bonds is 14. The van der Waals surface area contributed by atoms with Crippen LogP contribution in [0.3, 0.4) is 0 Å². The number of pyridine rings is 1. The quantitative estimate of drug-likeness (QED) is 0.0951. The highest BCUT2D eigenvalue weighted by atomic mass is 35.5. The summed E-state index contributed by atoms with van der Waals surface area (Å²) in [7, 11) is -4.40. The Hall–Kier alpha value is -6.63. The number of hydrogen-bond acceptors (Lipinski definition) is 10. The predicted molar refractivity (Wildman–Crippen MR) is 246 cm³/mol. The first kappa shape index (κ1) is 45.0. The molecule has 0 fully saturated rings. The Morgan fingerprint density at radius 2 is 1.60 bits per heavy atom. The van der Waals surface area contributed by atoms with E-state index in [0.29, 0.717) is 68.5 Å². The fourth-order valence-corrected chi connectivity index (χ4v) is 9.89. The highest BCUT2D eigenvalue weighted by Gasteiger charge is 2.42. The van der Waals surface area contributed by atoms with Gasteiger partial charge in [0.15, 0.2) is 17.6 Å². The molecule has 5 aromatic carbocycles. The zero-order valence-corrected chi connectivity index (χ0v) is 37.6. The van der Waals surface area contributed by atoms with Gasteiger partial charge in [0.25, 0.3) is 0 Å². The van der Waals surface area contributed by atoms with E-state index in [4.69, 9.17) is 42.7 Å². The number of sulfonamides is 1. The number of aliphatic carboxylic acids is 1. The maximum absolute atomic E-state index is 14.7. The van der Waals surface area contributed by atoms with Crippen molar-refractivity contribution < 1.29 is 37.3 Å². The van der Waals surface area contributed by atoms with Gasteiger partial charge in [0.05, 0.1) is 27.4 Å². The van der Waals surface area contributed by atoms with E-state index in [0.717, 1.165) is 26.6 Å². The summed E-state index contributed by atoms with van der Waals surface area (Å²) in [6, 6.07) is 33.0. The van der Waals surface area contributed by atoms with Crippen molar-refractivity contribution in [2.24, 2.45) is 0 Å². The molecule has 0 spiro atoms. The van der Waals surface area contributed by atoms with Crippen LogP contribution in [0.25, 0.3) is 11.1 Å². The number of amides is 1. The zero-order chi connectivity index (χ0) is 45.8. The second-order valence-corrected chi connectivity index (χ2v) is 18.3. The van der Waals surface area contributed by atoms with Crippen molar-refractivity contribution in [1.82, 2.24) is 14.6 Å². The van der Waals surface area contributed by atoms with Crippen LogP contribution in [0.15, 0.2) is 120 Å². The Bertz CT molecular complexity index is 2910. The summed E-state index contributed by atoms with van der Waals surface area (Å²) in [5.74, 6) is -0.0701. The van der Waals surface area contributed by atoms with Crippen LogP contribution < -0.4 is 24.8 Å². The van der Waals surface area contributed by atoms with Crippen molar-refractivity contribution in [1.29, 1.82) is 5.26 Å². The van der Waals surface area contributed by atoms with E-state index < -0.39 is 40.1 Å². The van der Waals surface area contributed by atoms with Gasteiger partial charge in [0.1, 0.15) is 41.8 Å². The number of hydrogen-bond donors (Lipinski definition) is 3. The van der Waals surface area contributed by atoms with Crippen molar-refractivity contribution in [3.8, 4) is 34.4 Å². The van der Waals surface area contributed by atoms with E-state index in [-0.39, 0.29) is 36.6 Å². The molecule has 8 rings (SSSR count). The maximum atomic E-state index is 14.7. The molecule has 65 heavy (non-hydrogen) atoms. The summed E-state index contributed by atoms with van der Waals surface area (Å²) in [6.07, 6.45) is -0.623. The molecule has 0 bridgehead atoms. The lowest BCUT2D eigenvalue weighted by atomic mass is 9.93. The fraction of sp³-hybridized carbons (Fsp3) is 0.224. The molecule has 332 valence electrons. The van der Waals surface area contributed by atoms with Crippen LogP contribution in [0.2, 0.25) is 10.0 Å². The molecule has 13 nitrogen and oxygen atoms in total. The number of carbonyl (C=O) groups is 2. The van der Waals surface area contributed by atoms with Gasteiger partial charge < -0.3 is 30.0 Å². The minimum Gasteiger partial charge on any atom is -0.489 e. The van der Waals surface area contributed by atoms with Crippen LogP contribution in [0.5, 0.6) is 17.2 Å². The largest absolute Gasteiger partial charge is 0.489 e. The summed E-state index contributed by atoms with van der Waals surface area (Å²) in [5.41, 5.74) is 6.10. The topological polar surface area (TPSA) is 180 Å². The third kappa shape index (κ3) is 10.0. The van der Waals surface area contributed by atoms with Gasteiger partial charge in [-0.3, -0.25) is 4.79 Å². The lowest BCUT2D eigenvalue weighted by molar-refractivity contribution is -0.142. The number of nitrogens with zero attached hydrogens (tertiary/aromatic N) is 3. The number of fused-ring (bicyclic) bond motifs is 2. The summed E-state index contributed by atoms with van der Waals surface area (Å²) >= 11 is 12.2. The minimum atomic E-state index is -4.40. The molecule has 3 atom stereocenters. The second kappa shape index (κ2) is 19.2. The van der Waals surface area contributed by atoms with Crippen molar-refractivity contribution in [2.45, 2.75) is 62.9 Å². The van der Waals surface area contributed by atoms with Crippen molar-refractivity contribution in [3.05, 3.63) is 164 Å². The summed E-state index contributed by atoms with van der Waals surface area (Å²) in [4.78, 5) is 31.4. The molecule has 0 saturated carbocycles. The van der Waals surface area contributed by atoms with E-state index >= 15 is 0 Å². The molecule has 1 unspecified atom stereocenters. The van der Waals surface area contributed by atoms with Crippen LogP contribution >= 0.6 is 23.2 Å². The van der Waals surface area contributed by atoms with Crippen LogP contribution in [-0.4, -0.2) is 59.9 Å². The fourth-order valence-electron chi connectivity index (χ4n) is 7.84. The van der Waals surface area contributed by atoms with E-state index in [9.17, 15) is 23.1 Å². The molecular weight excluding hydrogens is 890 g/mol. The second-order valence-electron chi connectivity index (χ2n) is 15.7. The Balaban J connectivity index is 1.03. The van der Waals surface area contributed by atoms with Gasteiger partial charge in [0.2, 0.25) is 15.9 Å². The average molecular weight is 933 g/mol. The molecule has 2 aliphatic heterocycles. The molecule has 16 heteroatoms. The molecular formula is C49H43Cl2N5O8S. The van der Waals surface area contributed by atoms with E-state index in [2.05, 4.69) is 21.7 Å². The van der Waals surface area contributed by atoms with Gasteiger partial charge in [-0.05, 0) is 120 Å². The van der Waals surface area contributed by atoms with Crippen molar-refractivity contribution in [3.63, 3.8) is 0 Å². The first-order valence-corrected chi connectivity index (χ1v) is 23.0. The number of carboxylic acid groups (broad SMARTS) is 1. The Morgan fingerprint density at radius 1 is 0.908 bits per heavy atom. The highest BCUT2D eigenvalue weighted by Crippen LogP contribution is 2.42. The van der Waals surface area contributed by atoms with E-state index in [1.165, 1.54) is 6.07 Å². The Labute approximate surface area is 386 Å². The van der Waals surface area contributed by atoms with E-state index in [1.807, 2.05) is 61.5 Å². The summed E-state index contributed by atoms with van der Waals surface area (Å²) in [5, 5.41) is 26.1. The molecule has 0 radical (unpaired) electrons. The number of nitrogens with one attached hydrogen (secondary N) is 2. The van der Waals surface area contributed by atoms with Gasteiger partial charge >= 0.3 is 5.97 Å². The molecule has 0 saturated heterocycles. The number of halogens is 2. The number of aromatic nitrogens is 1. The molecule has 6 aromatic rings. The van der Waals surface area contributed by atoms with Crippen LogP contribution in [0, 0.1) is 18.3 Å². The lowest BCUT2D eigenvalue weighted by Gasteiger charge is -2.37. The van der Waals surface area contributed by atoms with Crippen molar-refractivity contribution >= 4 is 50.9 Å². The monoisotopic (exact) mass is 931 g/mol. The number of anilines is 1. The molecule has 1 amide bonds. The molecule has 1 aromatic heterocycles. The summed E-state index contributed by atoms with van der Waals surface area (Å²) < 4.78 is 49.1. The number of ether oxygens (including phenoxy) is 3. The lowest BCUT2D eigenvalue weighted by Crippen LogP contribution is -2.55. The molecule has 2 aliphatic rings. The van der Waals surface area contributed by atoms with Crippen LogP contribution in [0.1, 0.15) is 52.1 Å². The smallest absolute Gasteiger partial charge is 0.326 e. The number of benzene rings is 5. The van der Waals surface area contributed by atoms with Gasteiger partial charge in [-0.15, -0.1) is 0 Å². The molecule has 0 aliphatic carbocycles. The molecule has 3 N–H and O–H groups in total. The Kier molecular flexibility index (Phi) is 13.3. The minimum absolute atomic E-state index is 0.0615. The van der Waals surface area contributed by atoms with Gasteiger partial charge in [-0.25, -0.2) is 18.2 Å². The number of nitriles is 1. The number of carbonyl (C=O) groups excluding carboxylic acids is 1. The maximum Gasteiger partial charge on any atom is 0.326 e. The van der Waals surface area contributed by atoms with Gasteiger partial charge in [-0.2, -0.15) is 9.57 Å². The number of aryl methyl sites for hydroxylation is 1. The van der Waals surface area contributed by atoms with Gasteiger partial charge in [-0.1, -0.05) is 77.8 Å². The summed E-state index contributed by atoms with van der Waals surface area (Å²) in [6.45, 7) is 4.32. The number of carboxylic acids is 1. The van der Waals surface area contributed by atoms with Crippen LogP contribution in [-0.2, 0) is 45.6 Å². The predicted octanol–water partition coefficient (Wildman–Crippen LogP) is 8.69. The first-order chi connectivity index (χ1) is 31.3. The highest BCUT2D eigenvalue weighted by molar-refractivity contribution is 7.89. The third-order valence-corrected chi connectivity index (χ3v) is 14.0. The SMILES string of the molecule is CCNc1ccc(S(=O)(=O)N2Cc3cc4c(cc3CC2C(=O)N[C@@H](Cc2ccc(-c3ccc(C#N)cc3)cc2)C(=O)O)OC[C@H](c2ccc(OCc3ccc(Cl)c(Cl)c3)cc2)O4)c(C)n1. The third-order valence-electron chi connectivity index (χ3n) is 11.3. The Morgan fingerprint density at radius 3 is 2.26 bits per heavy atom.